The van der Waals surface area contributed by atoms with E-state index >= 15 is 0 Å². The van der Waals surface area contributed by atoms with Gasteiger partial charge in [0.15, 0.2) is 6.10 Å². The molecular weight excluding hydrogens is 480 g/mol. The third kappa shape index (κ3) is 26.0. The summed E-state index contributed by atoms with van der Waals surface area (Å²) in [6.45, 7) is 8.18. The lowest BCUT2D eigenvalue weighted by Crippen LogP contribution is -2.31. The maximum atomic E-state index is 12.4. The van der Waals surface area contributed by atoms with Crippen LogP contribution in [0.3, 0.4) is 0 Å². The van der Waals surface area contributed by atoms with Crippen molar-refractivity contribution in [3.05, 3.63) is 0 Å². The van der Waals surface area contributed by atoms with E-state index in [-0.39, 0.29) is 37.0 Å². The molecule has 1 atom stereocenters. The first-order valence-electron chi connectivity index (χ1n) is 15.9. The second-order valence-corrected chi connectivity index (χ2v) is 11.2. The van der Waals surface area contributed by atoms with Gasteiger partial charge in [0.2, 0.25) is 0 Å². The normalized spacial score (nSPS) is 11.9. The molecule has 6 nitrogen and oxygen atoms in total. The zero-order valence-electron chi connectivity index (χ0n) is 25.4. The largest absolute Gasteiger partial charge is 0.462 e. The number of ether oxygens (including phenoxy) is 3. The van der Waals surface area contributed by atoms with Crippen LogP contribution in [0.4, 0.5) is 0 Å². The van der Waals surface area contributed by atoms with Crippen LogP contribution in [-0.2, 0) is 28.6 Å². The summed E-state index contributed by atoms with van der Waals surface area (Å²) in [4.78, 5) is 36.6. The van der Waals surface area contributed by atoms with E-state index in [2.05, 4.69) is 13.8 Å². The van der Waals surface area contributed by atoms with Gasteiger partial charge in [0.25, 0.3) is 0 Å². The molecular formula is C32H60O6. The second-order valence-electron chi connectivity index (χ2n) is 11.2. The van der Waals surface area contributed by atoms with Crippen LogP contribution in [-0.4, -0.2) is 37.2 Å². The minimum Gasteiger partial charge on any atom is -0.462 e. The van der Waals surface area contributed by atoms with E-state index in [9.17, 15) is 14.4 Å². The fraction of sp³-hybridized carbons (Fsp3) is 0.906. The quantitative estimate of drug-likeness (QED) is 0.0588. The molecule has 0 aliphatic heterocycles. The molecule has 0 N–H and O–H groups in total. The van der Waals surface area contributed by atoms with Gasteiger partial charge in [0.1, 0.15) is 13.2 Å². The summed E-state index contributed by atoms with van der Waals surface area (Å²) in [5, 5.41) is 0. The topological polar surface area (TPSA) is 78.9 Å². The molecule has 0 spiro atoms. The maximum absolute atomic E-state index is 12.4. The Morgan fingerprint density at radius 1 is 0.500 bits per heavy atom. The Morgan fingerprint density at radius 3 is 1.29 bits per heavy atom. The van der Waals surface area contributed by atoms with E-state index in [1.165, 1.54) is 77.0 Å². The second kappa shape index (κ2) is 27.0. The van der Waals surface area contributed by atoms with Crippen LogP contribution in [0, 0.1) is 5.92 Å². The molecule has 0 aromatic heterocycles. The average molecular weight is 541 g/mol. The minimum atomic E-state index is -0.760. The van der Waals surface area contributed by atoms with Gasteiger partial charge in [-0.15, -0.1) is 0 Å². The zero-order chi connectivity index (χ0) is 28.3. The highest BCUT2D eigenvalue weighted by atomic mass is 16.6. The van der Waals surface area contributed by atoms with Gasteiger partial charge in [-0.25, -0.2) is 0 Å². The molecule has 0 rings (SSSR count). The van der Waals surface area contributed by atoms with Crippen molar-refractivity contribution in [2.45, 2.75) is 169 Å². The molecule has 0 radical (unpaired) electrons. The Bertz CT molecular complexity index is 574. The average Bonchev–Trinajstić information content (AvgIpc) is 2.87. The van der Waals surface area contributed by atoms with Gasteiger partial charge in [0.05, 0.1) is 0 Å². The number of hydrogen-bond donors (Lipinski definition) is 0. The van der Waals surface area contributed by atoms with Crippen molar-refractivity contribution >= 4 is 17.9 Å². The lowest BCUT2D eigenvalue weighted by Gasteiger charge is -2.18. The van der Waals surface area contributed by atoms with Gasteiger partial charge in [-0.3, -0.25) is 14.4 Å². The summed E-state index contributed by atoms with van der Waals surface area (Å²) in [5.41, 5.74) is 0. The third-order valence-corrected chi connectivity index (χ3v) is 6.70. The van der Waals surface area contributed by atoms with Crippen molar-refractivity contribution in [3.63, 3.8) is 0 Å². The zero-order valence-corrected chi connectivity index (χ0v) is 25.4. The van der Waals surface area contributed by atoms with Crippen LogP contribution >= 0.6 is 0 Å². The number of unbranched alkanes of at least 4 members (excludes halogenated alkanes) is 16. The molecule has 0 bridgehead atoms. The van der Waals surface area contributed by atoms with Gasteiger partial charge in [0, 0.05) is 19.3 Å². The molecule has 38 heavy (non-hydrogen) atoms. The van der Waals surface area contributed by atoms with Crippen molar-refractivity contribution in [2.24, 2.45) is 5.92 Å². The van der Waals surface area contributed by atoms with Crippen LogP contribution in [0.2, 0.25) is 0 Å². The maximum Gasteiger partial charge on any atom is 0.306 e. The fourth-order valence-electron chi connectivity index (χ4n) is 4.36. The summed E-state index contributed by atoms with van der Waals surface area (Å²) >= 11 is 0. The van der Waals surface area contributed by atoms with Crippen LogP contribution in [0.15, 0.2) is 0 Å². The highest BCUT2D eigenvalue weighted by Gasteiger charge is 2.19. The molecule has 0 aromatic rings. The molecule has 0 aromatic carbocycles. The monoisotopic (exact) mass is 540 g/mol. The minimum absolute atomic E-state index is 0.0747. The molecule has 0 heterocycles. The summed E-state index contributed by atoms with van der Waals surface area (Å²) in [6, 6.07) is 0. The highest BCUT2D eigenvalue weighted by Crippen LogP contribution is 2.13. The highest BCUT2D eigenvalue weighted by molar-refractivity contribution is 5.71. The van der Waals surface area contributed by atoms with Crippen molar-refractivity contribution in [1.29, 1.82) is 0 Å². The predicted octanol–water partition coefficient (Wildman–Crippen LogP) is 8.87. The van der Waals surface area contributed by atoms with Crippen LogP contribution in [0.5, 0.6) is 0 Å². The SMILES string of the molecule is CCCCCCCCCCCC(=O)OC[C@@H](COC(=O)CC(C)C)OC(=O)CCCCCCCCCCC. The summed E-state index contributed by atoms with van der Waals surface area (Å²) in [7, 11) is 0. The molecule has 0 aliphatic rings. The van der Waals surface area contributed by atoms with Crippen molar-refractivity contribution in [1.82, 2.24) is 0 Å². The molecule has 0 amide bonds. The Labute approximate surface area is 234 Å². The van der Waals surface area contributed by atoms with Crippen molar-refractivity contribution < 1.29 is 28.6 Å². The standard InChI is InChI=1S/C32H60O6/c1-5-7-9-11-13-15-17-19-21-23-30(33)36-26-29(27-37-32(35)25-28(3)4)38-31(34)24-22-20-18-16-14-12-10-8-6-2/h28-29H,5-27H2,1-4H3/t29-/m0/s1. The van der Waals surface area contributed by atoms with E-state index in [1.54, 1.807) is 0 Å². The Kier molecular flexibility index (Phi) is 25.9. The Morgan fingerprint density at radius 2 is 0.868 bits per heavy atom. The first-order valence-corrected chi connectivity index (χ1v) is 15.9. The smallest absolute Gasteiger partial charge is 0.306 e. The van der Waals surface area contributed by atoms with Gasteiger partial charge >= 0.3 is 17.9 Å². The Balaban J connectivity index is 4.22. The van der Waals surface area contributed by atoms with Gasteiger partial charge in [-0.2, -0.15) is 0 Å². The van der Waals surface area contributed by atoms with Crippen LogP contribution in [0.1, 0.15) is 163 Å². The third-order valence-electron chi connectivity index (χ3n) is 6.70. The number of hydrogen-bond acceptors (Lipinski definition) is 6. The molecule has 0 aliphatic carbocycles. The Hall–Kier alpha value is -1.59. The van der Waals surface area contributed by atoms with Gasteiger partial charge in [-0.05, 0) is 18.8 Å². The number of carbonyl (C=O) groups is 3. The number of carbonyl (C=O) groups excluding carboxylic acids is 3. The first-order chi connectivity index (χ1) is 18.4. The van der Waals surface area contributed by atoms with E-state index in [0.717, 1.165) is 38.5 Å². The van der Waals surface area contributed by atoms with Crippen LogP contribution < -0.4 is 0 Å². The van der Waals surface area contributed by atoms with Gasteiger partial charge in [-0.1, -0.05) is 130 Å². The molecule has 6 heteroatoms. The molecule has 0 saturated heterocycles. The number of esters is 3. The predicted molar refractivity (Wildman–Crippen MR) is 155 cm³/mol. The van der Waals surface area contributed by atoms with E-state index < -0.39 is 6.10 Å². The molecule has 0 unspecified atom stereocenters. The lowest BCUT2D eigenvalue weighted by atomic mass is 10.1. The molecule has 224 valence electrons. The lowest BCUT2D eigenvalue weighted by molar-refractivity contribution is -0.167. The summed E-state index contributed by atoms with van der Waals surface area (Å²) in [5.74, 6) is -0.764. The van der Waals surface area contributed by atoms with E-state index in [4.69, 9.17) is 14.2 Å². The molecule has 0 fully saturated rings. The van der Waals surface area contributed by atoms with E-state index in [0.29, 0.717) is 19.3 Å². The van der Waals surface area contributed by atoms with E-state index in [1.807, 2.05) is 13.8 Å². The fourth-order valence-corrected chi connectivity index (χ4v) is 4.36. The van der Waals surface area contributed by atoms with Gasteiger partial charge < -0.3 is 14.2 Å². The summed E-state index contributed by atoms with van der Waals surface area (Å²) in [6.07, 6.45) is 21.5. The van der Waals surface area contributed by atoms with Crippen molar-refractivity contribution in [3.8, 4) is 0 Å². The first kappa shape index (κ1) is 36.4. The molecule has 0 saturated carbocycles. The summed E-state index contributed by atoms with van der Waals surface area (Å²) < 4.78 is 16.2. The van der Waals surface area contributed by atoms with Crippen LogP contribution in [0.25, 0.3) is 0 Å². The number of rotatable bonds is 27. The van der Waals surface area contributed by atoms with Crippen molar-refractivity contribution in [2.75, 3.05) is 13.2 Å².